The van der Waals surface area contributed by atoms with Gasteiger partial charge in [-0.1, -0.05) is 30.3 Å². The first-order chi connectivity index (χ1) is 12.4. The second-order valence-corrected chi connectivity index (χ2v) is 5.78. The summed E-state index contributed by atoms with van der Waals surface area (Å²) in [7, 11) is 0. The predicted molar refractivity (Wildman–Crippen MR) is 100 cm³/mol. The minimum absolute atomic E-state index is 0.00439. The SMILES string of the molecule is N#C/C(=N\Nc1cc(OCc2ccccc2)c(Br)cc1[N+](=O)[O-])C(=N)N. The number of nitrogens with one attached hydrogen (secondary N) is 2. The molecule has 0 unspecified atom stereocenters. The molecule has 0 saturated heterocycles. The molecule has 0 heterocycles. The molecule has 0 aliphatic heterocycles. The lowest BCUT2D eigenvalue weighted by Gasteiger charge is -2.11. The van der Waals surface area contributed by atoms with Gasteiger partial charge in [-0.05, 0) is 21.5 Å². The number of benzene rings is 2. The summed E-state index contributed by atoms with van der Waals surface area (Å²) in [6, 6.07) is 13.7. The van der Waals surface area contributed by atoms with Crippen LogP contribution >= 0.6 is 15.9 Å². The van der Waals surface area contributed by atoms with Crippen LogP contribution in [-0.2, 0) is 6.61 Å². The summed E-state index contributed by atoms with van der Waals surface area (Å²) in [6.45, 7) is 0.261. The molecule has 132 valence electrons. The van der Waals surface area contributed by atoms with E-state index in [0.717, 1.165) is 5.56 Å². The van der Waals surface area contributed by atoms with Crippen molar-refractivity contribution in [1.29, 1.82) is 10.7 Å². The molecular formula is C16H13BrN6O3. The fourth-order valence-electron chi connectivity index (χ4n) is 1.89. The number of rotatable bonds is 7. The molecule has 0 radical (unpaired) electrons. The van der Waals surface area contributed by atoms with Crippen molar-refractivity contribution >= 4 is 38.9 Å². The highest BCUT2D eigenvalue weighted by molar-refractivity contribution is 9.10. The lowest BCUT2D eigenvalue weighted by atomic mass is 10.2. The lowest BCUT2D eigenvalue weighted by Crippen LogP contribution is -2.22. The van der Waals surface area contributed by atoms with Gasteiger partial charge in [0.1, 0.15) is 24.1 Å². The van der Waals surface area contributed by atoms with Gasteiger partial charge in [-0.15, -0.1) is 0 Å². The molecule has 0 atom stereocenters. The number of nitro benzene ring substituents is 1. The third-order valence-corrected chi connectivity index (χ3v) is 3.75. The molecule has 10 heteroatoms. The molecule has 0 aromatic heterocycles. The summed E-state index contributed by atoms with van der Waals surface area (Å²) in [4.78, 5) is 10.6. The van der Waals surface area contributed by atoms with E-state index in [1.165, 1.54) is 12.1 Å². The number of anilines is 1. The number of amidine groups is 1. The Labute approximate surface area is 156 Å². The fourth-order valence-corrected chi connectivity index (χ4v) is 2.34. The van der Waals surface area contributed by atoms with Crippen LogP contribution in [0.5, 0.6) is 5.75 Å². The van der Waals surface area contributed by atoms with Crippen molar-refractivity contribution in [1.82, 2.24) is 0 Å². The van der Waals surface area contributed by atoms with Crippen LogP contribution in [0.2, 0.25) is 0 Å². The van der Waals surface area contributed by atoms with Gasteiger partial charge in [0.2, 0.25) is 5.71 Å². The van der Waals surface area contributed by atoms with Gasteiger partial charge < -0.3 is 10.5 Å². The van der Waals surface area contributed by atoms with Crippen LogP contribution < -0.4 is 15.9 Å². The first kappa shape index (κ1) is 18.9. The minimum Gasteiger partial charge on any atom is -0.488 e. The van der Waals surface area contributed by atoms with Gasteiger partial charge >= 0.3 is 0 Å². The minimum atomic E-state index is -0.608. The van der Waals surface area contributed by atoms with E-state index in [9.17, 15) is 10.1 Å². The van der Waals surface area contributed by atoms with Crippen LogP contribution in [0.15, 0.2) is 52.0 Å². The van der Waals surface area contributed by atoms with Crippen molar-refractivity contribution in [2.45, 2.75) is 6.61 Å². The summed E-state index contributed by atoms with van der Waals surface area (Å²) in [5.74, 6) is -0.209. The second kappa shape index (κ2) is 8.59. The van der Waals surface area contributed by atoms with Crippen LogP contribution in [0.1, 0.15) is 5.56 Å². The molecule has 0 aliphatic carbocycles. The van der Waals surface area contributed by atoms with Crippen molar-refractivity contribution in [3.63, 3.8) is 0 Å². The fraction of sp³-hybridized carbons (Fsp3) is 0.0625. The Morgan fingerprint density at radius 2 is 2.12 bits per heavy atom. The zero-order chi connectivity index (χ0) is 19.1. The third kappa shape index (κ3) is 4.78. The number of hydrogen-bond donors (Lipinski definition) is 3. The maximum Gasteiger partial charge on any atom is 0.295 e. The Balaban J connectivity index is 2.32. The van der Waals surface area contributed by atoms with E-state index in [1.54, 1.807) is 6.07 Å². The quantitative estimate of drug-likeness (QED) is 0.273. The normalized spacial score (nSPS) is 10.7. The number of nitrogens with two attached hydrogens (primary N) is 1. The maximum atomic E-state index is 11.2. The van der Waals surface area contributed by atoms with E-state index in [-0.39, 0.29) is 18.0 Å². The molecule has 9 nitrogen and oxygen atoms in total. The van der Waals surface area contributed by atoms with E-state index in [1.807, 2.05) is 30.3 Å². The number of hydrazone groups is 1. The average molecular weight is 417 g/mol. The highest BCUT2D eigenvalue weighted by atomic mass is 79.9. The number of nitriles is 1. The number of nitro groups is 1. The van der Waals surface area contributed by atoms with Gasteiger partial charge in [-0.2, -0.15) is 10.4 Å². The standard InChI is InChI=1S/C16H13BrN6O3/c17-11-6-14(23(24)25)12(21-22-13(8-18)16(19)20)7-15(11)26-9-10-4-2-1-3-5-10/h1-7,21H,9H2,(H3,19,20)/b22-13+. The molecule has 2 aromatic rings. The number of hydrogen-bond acceptors (Lipinski definition) is 7. The zero-order valence-electron chi connectivity index (χ0n) is 13.3. The molecule has 2 aromatic carbocycles. The van der Waals surface area contributed by atoms with Gasteiger partial charge in [-0.3, -0.25) is 20.9 Å². The van der Waals surface area contributed by atoms with E-state index < -0.39 is 16.5 Å². The van der Waals surface area contributed by atoms with Crippen LogP contribution in [0.25, 0.3) is 0 Å². The number of halogens is 1. The predicted octanol–water partition coefficient (Wildman–Crippen LogP) is 3.16. The monoisotopic (exact) mass is 416 g/mol. The highest BCUT2D eigenvalue weighted by Crippen LogP contribution is 2.36. The molecule has 0 spiro atoms. The molecule has 0 saturated carbocycles. The summed E-state index contributed by atoms with van der Waals surface area (Å²) >= 11 is 3.24. The summed E-state index contributed by atoms with van der Waals surface area (Å²) in [6.07, 6.45) is 0. The van der Waals surface area contributed by atoms with Gasteiger partial charge in [0.05, 0.1) is 9.40 Å². The van der Waals surface area contributed by atoms with E-state index in [0.29, 0.717) is 10.2 Å². The molecule has 26 heavy (non-hydrogen) atoms. The maximum absolute atomic E-state index is 11.2. The number of nitrogens with zero attached hydrogens (tertiary/aromatic N) is 3. The van der Waals surface area contributed by atoms with Crippen molar-refractivity contribution in [2.75, 3.05) is 5.43 Å². The molecule has 0 amide bonds. The summed E-state index contributed by atoms with van der Waals surface area (Å²) in [5, 5.41) is 30.9. The van der Waals surface area contributed by atoms with Gasteiger partial charge in [0.25, 0.3) is 5.69 Å². The third-order valence-electron chi connectivity index (χ3n) is 3.13. The summed E-state index contributed by atoms with van der Waals surface area (Å²) < 4.78 is 6.08. The molecule has 0 aliphatic rings. The largest absolute Gasteiger partial charge is 0.488 e. The Bertz CT molecular complexity index is 908. The first-order valence-corrected chi connectivity index (χ1v) is 7.94. The Morgan fingerprint density at radius 1 is 1.42 bits per heavy atom. The van der Waals surface area contributed by atoms with E-state index in [4.69, 9.17) is 21.1 Å². The first-order valence-electron chi connectivity index (χ1n) is 7.15. The average Bonchev–Trinajstić information content (AvgIpc) is 2.62. The topological polar surface area (TPSA) is 150 Å². The zero-order valence-corrected chi connectivity index (χ0v) is 14.9. The highest BCUT2D eigenvalue weighted by Gasteiger charge is 2.18. The van der Waals surface area contributed by atoms with Crippen molar-refractivity contribution in [3.05, 3.63) is 62.6 Å². The molecule has 2 rings (SSSR count). The van der Waals surface area contributed by atoms with Crippen molar-refractivity contribution < 1.29 is 9.66 Å². The van der Waals surface area contributed by atoms with Crippen molar-refractivity contribution in [3.8, 4) is 11.8 Å². The second-order valence-electron chi connectivity index (χ2n) is 4.93. The lowest BCUT2D eigenvalue weighted by molar-refractivity contribution is -0.384. The van der Waals surface area contributed by atoms with Crippen LogP contribution in [-0.4, -0.2) is 16.5 Å². The van der Waals surface area contributed by atoms with Gasteiger partial charge in [-0.25, -0.2) is 0 Å². The molecular weight excluding hydrogens is 404 g/mol. The van der Waals surface area contributed by atoms with Crippen molar-refractivity contribution in [2.24, 2.45) is 10.8 Å². The Hall–Kier alpha value is -3.45. The number of ether oxygens (including phenoxy) is 1. The van der Waals surface area contributed by atoms with Crippen LogP contribution in [0.3, 0.4) is 0 Å². The molecule has 4 N–H and O–H groups in total. The van der Waals surface area contributed by atoms with Crippen LogP contribution in [0.4, 0.5) is 11.4 Å². The van der Waals surface area contributed by atoms with Gasteiger partial charge in [0, 0.05) is 12.1 Å². The van der Waals surface area contributed by atoms with E-state index in [2.05, 4.69) is 26.5 Å². The smallest absolute Gasteiger partial charge is 0.295 e. The Morgan fingerprint density at radius 3 is 2.69 bits per heavy atom. The van der Waals surface area contributed by atoms with Gasteiger partial charge in [0.15, 0.2) is 5.84 Å². The summed E-state index contributed by atoms with van der Waals surface area (Å²) in [5.41, 5.74) is 7.84. The Kier molecular flexibility index (Phi) is 6.24. The van der Waals surface area contributed by atoms with Crippen LogP contribution in [0, 0.1) is 26.9 Å². The molecule has 0 fully saturated rings. The van der Waals surface area contributed by atoms with E-state index >= 15 is 0 Å². The molecule has 0 bridgehead atoms.